The van der Waals surface area contributed by atoms with Crippen molar-refractivity contribution >= 4 is 30.4 Å². The van der Waals surface area contributed by atoms with Gasteiger partial charge in [0.05, 0.1) is 12.4 Å². The molecule has 1 aromatic rings. The fourth-order valence-corrected chi connectivity index (χ4v) is 2.32. The van der Waals surface area contributed by atoms with Gasteiger partial charge in [-0.15, -0.1) is 0 Å². The molecule has 25 heavy (non-hydrogen) atoms. The van der Waals surface area contributed by atoms with Crippen LogP contribution in [0.2, 0.25) is 0 Å². The summed E-state index contributed by atoms with van der Waals surface area (Å²) in [4.78, 5) is 42.5. The first-order chi connectivity index (χ1) is 11.7. The molecule has 0 spiro atoms. The molecule has 0 bridgehead atoms. The number of nitrogens with one attached hydrogen (secondary N) is 3. The minimum absolute atomic E-state index is 0.0551. The van der Waals surface area contributed by atoms with Gasteiger partial charge in [0, 0.05) is 24.1 Å². The predicted octanol–water partition coefficient (Wildman–Crippen LogP) is -0.690. The van der Waals surface area contributed by atoms with Crippen LogP contribution in [0.25, 0.3) is 0 Å². The van der Waals surface area contributed by atoms with Crippen LogP contribution in [0.3, 0.4) is 0 Å². The van der Waals surface area contributed by atoms with Gasteiger partial charge in [-0.1, -0.05) is 13.8 Å². The number of H-pyrrole nitrogens is 1. The summed E-state index contributed by atoms with van der Waals surface area (Å²) in [5.74, 6) is -2.00. The second-order valence-corrected chi connectivity index (χ2v) is 6.53. The number of amides is 2. The van der Waals surface area contributed by atoms with Crippen molar-refractivity contribution in [3.63, 3.8) is 0 Å². The molecule has 0 aromatic carbocycles. The molecule has 10 heteroatoms. The topological polar surface area (TPSA) is 150 Å². The third-order valence-electron chi connectivity index (χ3n) is 3.47. The summed E-state index contributed by atoms with van der Waals surface area (Å²) < 4.78 is 0. The van der Waals surface area contributed by atoms with Crippen LogP contribution in [0.1, 0.15) is 26.0 Å². The van der Waals surface area contributed by atoms with E-state index in [9.17, 15) is 19.5 Å². The summed E-state index contributed by atoms with van der Waals surface area (Å²) in [6, 6.07) is -2.86. The fraction of sp³-hybridized carbons (Fsp3) is 0.600. The van der Waals surface area contributed by atoms with Crippen LogP contribution in [0, 0.1) is 5.92 Å². The van der Waals surface area contributed by atoms with E-state index < -0.39 is 35.9 Å². The number of carbonyl (C=O) groups excluding carboxylic acids is 2. The Balaban J connectivity index is 2.79. The highest BCUT2D eigenvalue weighted by molar-refractivity contribution is 7.80. The zero-order valence-corrected chi connectivity index (χ0v) is 15.1. The van der Waals surface area contributed by atoms with Crippen molar-refractivity contribution in [2.24, 2.45) is 11.7 Å². The van der Waals surface area contributed by atoms with Gasteiger partial charge < -0.3 is 26.5 Å². The molecule has 1 heterocycles. The second-order valence-electron chi connectivity index (χ2n) is 6.16. The van der Waals surface area contributed by atoms with E-state index in [1.165, 1.54) is 12.5 Å². The number of carboxylic acids is 1. The Kier molecular flexibility index (Phi) is 8.42. The summed E-state index contributed by atoms with van der Waals surface area (Å²) in [6.07, 6.45) is 3.32. The average Bonchev–Trinajstić information content (AvgIpc) is 3.05. The normalized spacial score (nSPS) is 14.6. The fourth-order valence-electron chi connectivity index (χ4n) is 2.15. The Bertz CT molecular complexity index is 578. The zero-order chi connectivity index (χ0) is 19.0. The van der Waals surface area contributed by atoms with Crippen molar-refractivity contribution in [1.82, 2.24) is 20.6 Å². The van der Waals surface area contributed by atoms with Gasteiger partial charge in [-0.05, 0) is 12.3 Å². The van der Waals surface area contributed by atoms with Crippen LogP contribution in [0.4, 0.5) is 0 Å². The van der Waals surface area contributed by atoms with E-state index >= 15 is 0 Å². The van der Waals surface area contributed by atoms with E-state index in [2.05, 4.69) is 33.2 Å². The first-order valence-electron chi connectivity index (χ1n) is 7.91. The molecule has 0 saturated heterocycles. The van der Waals surface area contributed by atoms with Gasteiger partial charge in [0.2, 0.25) is 11.8 Å². The average molecular weight is 371 g/mol. The van der Waals surface area contributed by atoms with Crippen LogP contribution in [-0.2, 0) is 20.8 Å². The predicted molar refractivity (Wildman–Crippen MR) is 95.1 cm³/mol. The van der Waals surface area contributed by atoms with Crippen molar-refractivity contribution in [1.29, 1.82) is 0 Å². The molecule has 9 nitrogen and oxygen atoms in total. The van der Waals surface area contributed by atoms with Gasteiger partial charge in [0.15, 0.2) is 0 Å². The minimum atomic E-state index is -1.18. The molecule has 1 rings (SSSR count). The number of hydrogen-bond acceptors (Lipinski definition) is 6. The summed E-state index contributed by atoms with van der Waals surface area (Å²) >= 11 is 3.96. The molecule has 0 radical (unpaired) electrons. The number of carbonyl (C=O) groups is 3. The van der Waals surface area contributed by atoms with Crippen molar-refractivity contribution in [3.05, 3.63) is 18.2 Å². The summed E-state index contributed by atoms with van der Waals surface area (Å²) in [7, 11) is 0. The van der Waals surface area contributed by atoms with E-state index in [0.29, 0.717) is 12.1 Å². The summed E-state index contributed by atoms with van der Waals surface area (Å²) in [6.45, 7) is 3.79. The maximum atomic E-state index is 12.5. The number of carboxylic acid groups (broad SMARTS) is 1. The number of aromatic amines is 1. The highest BCUT2D eigenvalue weighted by Gasteiger charge is 2.28. The maximum absolute atomic E-state index is 12.5. The Morgan fingerprint density at radius 2 is 1.92 bits per heavy atom. The SMILES string of the molecule is CC(C)CC(NC(=O)C(N)CS)C(=O)NC(Cc1cnc[nH]1)C(=O)O. The van der Waals surface area contributed by atoms with E-state index in [0.717, 1.165) is 0 Å². The molecule has 1 aromatic heterocycles. The van der Waals surface area contributed by atoms with E-state index in [1.807, 2.05) is 13.8 Å². The molecule has 6 N–H and O–H groups in total. The molecule has 3 atom stereocenters. The number of aliphatic carboxylic acids is 1. The number of nitrogens with two attached hydrogens (primary N) is 1. The van der Waals surface area contributed by atoms with E-state index in [-0.39, 0.29) is 18.1 Å². The molecule has 0 fully saturated rings. The van der Waals surface area contributed by atoms with Crippen LogP contribution in [0.15, 0.2) is 12.5 Å². The van der Waals surface area contributed by atoms with Crippen molar-refractivity contribution in [3.8, 4) is 0 Å². The lowest BCUT2D eigenvalue weighted by Gasteiger charge is -2.23. The first-order valence-corrected chi connectivity index (χ1v) is 8.55. The third-order valence-corrected chi connectivity index (χ3v) is 3.86. The molecule has 2 amide bonds. The number of nitrogens with zero attached hydrogens (tertiary/aromatic N) is 1. The molecule has 0 saturated carbocycles. The zero-order valence-electron chi connectivity index (χ0n) is 14.2. The van der Waals surface area contributed by atoms with E-state index in [4.69, 9.17) is 5.73 Å². The Labute approximate surface area is 151 Å². The Morgan fingerprint density at radius 3 is 2.40 bits per heavy atom. The van der Waals surface area contributed by atoms with Crippen LogP contribution in [0.5, 0.6) is 0 Å². The van der Waals surface area contributed by atoms with Crippen molar-refractivity contribution in [2.75, 3.05) is 5.75 Å². The molecule has 140 valence electrons. The van der Waals surface area contributed by atoms with E-state index in [1.54, 1.807) is 0 Å². The lowest BCUT2D eigenvalue weighted by Crippen LogP contribution is -2.55. The number of aromatic nitrogens is 2. The summed E-state index contributed by atoms with van der Waals surface area (Å²) in [5, 5.41) is 14.4. The molecular formula is C15H25N5O4S. The molecular weight excluding hydrogens is 346 g/mol. The van der Waals surface area contributed by atoms with Gasteiger partial charge >= 0.3 is 5.97 Å². The highest BCUT2D eigenvalue weighted by Crippen LogP contribution is 2.07. The largest absolute Gasteiger partial charge is 0.480 e. The third kappa shape index (κ3) is 7.14. The Morgan fingerprint density at radius 1 is 1.28 bits per heavy atom. The molecule has 0 aliphatic heterocycles. The van der Waals surface area contributed by atoms with Gasteiger partial charge in [-0.3, -0.25) is 9.59 Å². The van der Waals surface area contributed by atoms with Gasteiger partial charge in [0.1, 0.15) is 12.1 Å². The number of rotatable bonds is 10. The molecule has 3 unspecified atom stereocenters. The Hall–Kier alpha value is -2.07. The van der Waals surface area contributed by atoms with Crippen molar-refractivity contribution < 1.29 is 19.5 Å². The maximum Gasteiger partial charge on any atom is 0.326 e. The minimum Gasteiger partial charge on any atom is -0.480 e. The standard InChI is InChI=1S/C15H25N5O4S/c1-8(2)3-11(19-13(21)10(16)6-25)14(22)20-12(15(23)24)4-9-5-17-7-18-9/h5,7-8,10-12,25H,3-4,6,16H2,1-2H3,(H,17,18)(H,19,21)(H,20,22)(H,23,24). The second kappa shape index (κ2) is 10.0. The highest BCUT2D eigenvalue weighted by atomic mass is 32.1. The smallest absolute Gasteiger partial charge is 0.326 e. The first kappa shape index (κ1) is 21.0. The monoisotopic (exact) mass is 371 g/mol. The van der Waals surface area contributed by atoms with Crippen LogP contribution >= 0.6 is 12.6 Å². The number of thiol groups is 1. The molecule has 0 aliphatic rings. The van der Waals surface area contributed by atoms with Gasteiger partial charge in [-0.2, -0.15) is 12.6 Å². The van der Waals surface area contributed by atoms with Crippen molar-refractivity contribution in [2.45, 2.75) is 44.8 Å². The lowest BCUT2D eigenvalue weighted by atomic mass is 10.0. The summed E-state index contributed by atoms with van der Waals surface area (Å²) in [5.41, 5.74) is 6.19. The lowest BCUT2D eigenvalue weighted by molar-refractivity contribution is -0.142. The molecule has 0 aliphatic carbocycles. The number of imidazole rings is 1. The van der Waals surface area contributed by atoms with Gasteiger partial charge in [-0.25, -0.2) is 9.78 Å². The number of hydrogen-bond donors (Lipinski definition) is 6. The van der Waals surface area contributed by atoms with Crippen LogP contribution in [-0.4, -0.2) is 56.7 Å². The van der Waals surface area contributed by atoms with Gasteiger partial charge in [0.25, 0.3) is 0 Å². The van der Waals surface area contributed by atoms with Crippen LogP contribution < -0.4 is 16.4 Å². The quantitative estimate of drug-likeness (QED) is 0.300.